The third kappa shape index (κ3) is 6.49. The highest BCUT2D eigenvalue weighted by atomic mass is 32.1. The largest absolute Gasteiger partial charge is 0.382 e. The maximum Gasteiger partial charge on any atom is 0.0701 e. The Balaban J connectivity index is 1.45. The Kier molecular flexibility index (Phi) is 9.88. The van der Waals surface area contributed by atoms with Gasteiger partial charge in [-0.25, -0.2) is 0 Å². The van der Waals surface area contributed by atoms with Gasteiger partial charge in [-0.15, -0.1) is 34.0 Å². The molecule has 0 fully saturated rings. The van der Waals surface area contributed by atoms with Crippen LogP contribution in [-0.2, 0) is 26.8 Å². The van der Waals surface area contributed by atoms with Gasteiger partial charge in [0.25, 0.3) is 0 Å². The number of ether oxygens (including phenoxy) is 2. The lowest BCUT2D eigenvalue weighted by atomic mass is 9.86. The highest BCUT2D eigenvalue weighted by molar-refractivity contribution is 7.27. The molecule has 4 heterocycles. The molecule has 0 saturated carbocycles. The van der Waals surface area contributed by atoms with Crippen LogP contribution in [0.4, 0.5) is 0 Å². The quantitative estimate of drug-likeness (QED) is 0.139. The van der Waals surface area contributed by atoms with Gasteiger partial charge in [-0.1, -0.05) is 53.7 Å². The summed E-state index contributed by atoms with van der Waals surface area (Å²) >= 11 is 5.96. The molecule has 0 amide bonds. The van der Waals surface area contributed by atoms with Crippen LogP contribution in [-0.4, -0.2) is 31.5 Å². The molecule has 0 N–H and O–H groups in total. The molecule has 0 unspecified atom stereocenters. The number of methoxy groups -OCH3 is 1. The minimum atomic E-state index is 0.0735. The van der Waals surface area contributed by atoms with Crippen molar-refractivity contribution in [2.45, 2.75) is 100 Å². The summed E-state index contributed by atoms with van der Waals surface area (Å²) in [7, 11) is 1.72. The number of hydrogen-bond donors (Lipinski definition) is 0. The molecule has 4 aromatic heterocycles. The lowest BCUT2D eigenvalue weighted by molar-refractivity contribution is 0.0673. The average Bonchev–Trinajstić information content (AvgIpc) is 3.72. The molecule has 0 atom stereocenters. The van der Waals surface area contributed by atoms with Crippen LogP contribution in [0, 0.1) is 41.5 Å². The number of thiophene rings is 3. The maximum atomic E-state index is 5.92. The van der Waals surface area contributed by atoms with Gasteiger partial charge >= 0.3 is 0 Å². The molecule has 3 nitrogen and oxygen atoms in total. The van der Waals surface area contributed by atoms with Crippen LogP contribution in [0.25, 0.3) is 51.8 Å². The SMILES string of the molecule is COCCOCCn1c2ccc(-c3sc(-c4sc(-c5sc(C(C)(C)C)c(C)c5C)c(C)c4C)c(C)c3C)cc2c2cc(C(C)(C)C)ccc21. The van der Waals surface area contributed by atoms with Crippen molar-refractivity contribution in [2.75, 3.05) is 26.9 Å². The van der Waals surface area contributed by atoms with E-state index in [-0.39, 0.29) is 10.8 Å². The highest BCUT2D eigenvalue weighted by Gasteiger charge is 2.27. The lowest BCUT2D eigenvalue weighted by Gasteiger charge is -2.19. The Labute approximate surface area is 305 Å². The van der Waals surface area contributed by atoms with Crippen molar-refractivity contribution in [2.24, 2.45) is 0 Å². The monoisotopic (exact) mass is 711 g/mol. The van der Waals surface area contributed by atoms with Gasteiger partial charge in [0.05, 0.1) is 19.8 Å². The van der Waals surface area contributed by atoms with E-state index in [1.807, 2.05) is 34.0 Å². The zero-order chi connectivity index (χ0) is 35.6. The molecule has 260 valence electrons. The van der Waals surface area contributed by atoms with E-state index >= 15 is 0 Å². The Bertz CT molecular complexity index is 2170. The fraction of sp³-hybridized carbons (Fsp3) is 0.442. The van der Waals surface area contributed by atoms with Crippen LogP contribution >= 0.6 is 34.0 Å². The van der Waals surface area contributed by atoms with Crippen molar-refractivity contribution in [3.05, 3.63) is 80.2 Å². The van der Waals surface area contributed by atoms with E-state index in [2.05, 4.69) is 124 Å². The van der Waals surface area contributed by atoms with E-state index in [4.69, 9.17) is 9.47 Å². The second-order valence-electron chi connectivity index (χ2n) is 15.8. The number of fused-ring (bicyclic) bond motifs is 3. The second kappa shape index (κ2) is 13.4. The summed E-state index contributed by atoms with van der Waals surface area (Å²) in [6.07, 6.45) is 0. The van der Waals surface area contributed by atoms with Crippen LogP contribution in [0.15, 0.2) is 36.4 Å². The molecule has 2 aromatic carbocycles. The van der Waals surface area contributed by atoms with Gasteiger partial charge < -0.3 is 14.0 Å². The summed E-state index contributed by atoms with van der Waals surface area (Å²) in [4.78, 5) is 8.60. The first-order valence-corrected chi connectivity index (χ1v) is 19.9. The third-order valence-corrected chi connectivity index (χ3v) is 15.3. The van der Waals surface area contributed by atoms with Gasteiger partial charge in [0.15, 0.2) is 0 Å². The molecular formula is C43H53NO2S3. The summed E-state index contributed by atoms with van der Waals surface area (Å²) in [5, 5.41) is 2.63. The number of aromatic nitrogens is 1. The smallest absolute Gasteiger partial charge is 0.0701 e. The van der Waals surface area contributed by atoms with Gasteiger partial charge in [0.1, 0.15) is 0 Å². The summed E-state index contributed by atoms with van der Waals surface area (Å²) in [6.45, 7) is 30.5. The number of hydrogen-bond acceptors (Lipinski definition) is 5. The molecule has 0 aliphatic rings. The molecule has 6 aromatic rings. The topological polar surface area (TPSA) is 23.4 Å². The molecule has 0 saturated heterocycles. The fourth-order valence-electron chi connectivity index (χ4n) is 7.00. The summed E-state index contributed by atoms with van der Waals surface area (Å²) in [6, 6.07) is 14.1. The van der Waals surface area contributed by atoms with E-state index < -0.39 is 0 Å². The van der Waals surface area contributed by atoms with Gasteiger partial charge in [-0.05, 0) is 121 Å². The second-order valence-corrected chi connectivity index (χ2v) is 18.8. The van der Waals surface area contributed by atoms with Crippen LogP contribution in [0.3, 0.4) is 0 Å². The van der Waals surface area contributed by atoms with E-state index in [1.54, 1.807) is 7.11 Å². The normalized spacial score (nSPS) is 12.7. The predicted molar refractivity (Wildman–Crippen MR) is 218 cm³/mol. The van der Waals surface area contributed by atoms with Crippen molar-refractivity contribution in [3.63, 3.8) is 0 Å². The lowest BCUT2D eigenvalue weighted by Crippen LogP contribution is -2.11. The van der Waals surface area contributed by atoms with Crippen molar-refractivity contribution in [1.29, 1.82) is 0 Å². The molecule has 0 spiro atoms. The van der Waals surface area contributed by atoms with Crippen LogP contribution in [0.2, 0.25) is 0 Å². The highest BCUT2D eigenvalue weighted by Crippen LogP contribution is 2.52. The first-order valence-electron chi connectivity index (χ1n) is 17.5. The fourth-order valence-corrected chi connectivity index (χ4v) is 11.5. The van der Waals surface area contributed by atoms with E-state index in [1.165, 1.54) is 95.6 Å². The standard InChI is InChI=1S/C43H53NO2S3/c1-24-25(2)37(38-26(3)27(4)39(48-38)40-28(5)29(6)41(49-40)43(10,11)12)47-36(24)30-14-16-34-32(22-30)33-23-31(42(7,8)9)15-17-35(33)44(34)18-19-46-21-20-45-13/h14-17,22-23H,18-21H2,1-13H3. The van der Waals surface area contributed by atoms with E-state index in [0.29, 0.717) is 19.8 Å². The Morgan fingerprint density at radius 3 is 1.61 bits per heavy atom. The van der Waals surface area contributed by atoms with E-state index in [9.17, 15) is 0 Å². The first kappa shape index (κ1) is 36.1. The summed E-state index contributed by atoms with van der Waals surface area (Å²) in [5.41, 5.74) is 13.9. The molecular weight excluding hydrogens is 659 g/mol. The molecule has 0 radical (unpaired) electrons. The number of nitrogens with zero attached hydrogens (tertiary/aromatic N) is 1. The molecule has 0 bridgehead atoms. The van der Waals surface area contributed by atoms with Crippen molar-refractivity contribution < 1.29 is 9.47 Å². The molecule has 0 aliphatic heterocycles. The van der Waals surface area contributed by atoms with Crippen molar-refractivity contribution in [3.8, 4) is 29.9 Å². The number of rotatable bonds is 9. The van der Waals surface area contributed by atoms with Crippen LogP contribution < -0.4 is 0 Å². The Hall–Kier alpha value is -2.74. The van der Waals surface area contributed by atoms with Crippen molar-refractivity contribution >= 4 is 55.8 Å². The minimum absolute atomic E-state index is 0.0735. The Morgan fingerprint density at radius 1 is 0.551 bits per heavy atom. The predicted octanol–water partition coefficient (Wildman–Crippen LogP) is 13.1. The number of benzene rings is 2. The molecule has 6 heteroatoms. The maximum absolute atomic E-state index is 5.92. The Morgan fingerprint density at radius 2 is 1.06 bits per heavy atom. The molecule has 0 aliphatic carbocycles. The van der Waals surface area contributed by atoms with Gasteiger partial charge in [0.2, 0.25) is 0 Å². The molecule has 6 rings (SSSR count). The summed E-state index contributed by atoms with van der Waals surface area (Å²) in [5.74, 6) is 0. The van der Waals surface area contributed by atoms with Crippen molar-refractivity contribution in [1.82, 2.24) is 4.57 Å². The zero-order valence-corrected chi connectivity index (χ0v) is 34.2. The van der Waals surface area contributed by atoms with Crippen LogP contribution in [0.1, 0.15) is 85.4 Å². The first-order chi connectivity index (χ1) is 23.0. The van der Waals surface area contributed by atoms with Gasteiger partial charge in [-0.2, -0.15) is 0 Å². The van der Waals surface area contributed by atoms with Crippen LogP contribution in [0.5, 0.6) is 0 Å². The zero-order valence-electron chi connectivity index (χ0n) is 31.8. The molecule has 49 heavy (non-hydrogen) atoms. The van der Waals surface area contributed by atoms with E-state index in [0.717, 1.165) is 6.54 Å². The van der Waals surface area contributed by atoms with Gasteiger partial charge in [-0.3, -0.25) is 0 Å². The minimum Gasteiger partial charge on any atom is -0.382 e. The third-order valence-electron chi connectivity index (χ3n) is 10.3. The van der Waals surface area contributed by atoms with Gasteiger partial charge in [0, 0.05) is 64.7 Å². The average molecular weight is 712 g/mol. The summed E-state index contributed by atoms with van der Waals surface area (Å²) < 4.78 is 13.6.